The van der Waals surface area contributed by atoms with Crippen molar-refractivity contribution in [2.24, 2.45) is 0 Å². The molecule has 0 amide bonds. The van der Waals surface area contributed by atoms with Gasteiger partial charge in [0, 0.05) is 13.1 Å². The molecule has 0 aliphatic carbocycles. The van der Waals surface area contributed by atoms with Gasteiger partial charge in [0.2, 0.25) is 5.78 Å². The Morgan fingerprint density at radius 3 is 2.28 bits per heavy atom. The lowest BCUT2D eigenvalue weighted by Gasteiger charge is -2.25. The van der Waals surface area contributed by atoms with Crippen molar-refractivity contribution in [3.05, 3.63) is 83.0 Å². The molecule has 9 heteroatoms. The lowest BCUT2D eigenvalue weighted by molar-refractivity contribution is 0.0329. The van der Waals surface area contributed by atoms with E-state index in [1.165, 1.54) is 0 Å². The molecule has 0 N–H and O–H groups in total. The highest BCUT2D eigenvalue weighted by Gasteiger charge is 2.23. The van der Waals surface area contributed by atoms with Crippen molar-refractivity contribution in [1.82, 2.24) is 33.8 Å². The molecular weight excluding hydrogens is 406 g/mol. The number of rotatable bonds is 4. The third kappa shape index (κ3) is 3.02. The van der Waals surface area contributed by atoms with Gasteiger partial charge in [0.1, 0.15) is 5.39 Å². The van der Waals surface area contributed by atoms with E-state index in [2.05, 4.69) is 20.2 Å². The zero-order valence-corrected chi connectivity index (χ0v) is 17.3. The van der Waals surface area contributed by atoms with Gasteiger partial charge in [0.25, 0.3) is 5.56 Å². The Labute approximate surface area is 183 Å². The van der Waals surface area contributed by atoms with Crippen molar-refractivity contribution < 1.29 is 4.74 Å². The topological polar surface area (TPSA) is 82.5 Å². The summed E-state index contributed by atoms with van der Waals surface area (Å²) in [5.74, 6) is 1.23. The molecule has 0 atom stereocenters. The molecule has 5 aromatic rings. The second kappa shape index (κ2) is 7.70. The van der Waals surface area contributed by atoms with E-state index in [4.69, 9.17) is 4.74 Å². The second-order valence-electron chi connectivity index (χ2n) is 7.75. The van der Waals surface area contributed by atoms with Crippen molar-refractivity contribution in [2.45, 2.75) is 6.54 Å². The molecule has 0 spiro atoms. The number of hydrogen-bond acceptors (Lipinski definition) is 6. The van der Waals surface area contributed by atoms with E-state index in [1.54, 1.807) is 15.4 Å². The van der Waals surface area contributed by atoms with Gasteiger partial charge in [-0.05, 0) is 24.3 Å². The van der Waals surface area contributed by atoms with Crippen molar-refractivity contribution in [3.8, 4) is 11.4 Å². The van der Waals surface area contributed by atoms with Crippen LogP contribution in [0.15, 0.2) is 71.7 Å². The van der Waals surface area contributed by atoms with Crippen LogP contribution in [0.1, 0.15) is 5.82 Å². The van der Waals surface area contributed by atoms with Gasteiger partial charge in [-0.2, -0.15) is 5.10 Å². The summed E-state index contributed by atoms with van der Waals surface area (Å²) >= 11 is 0. The molecule has 0 saturated carbocycles. The largest absolute Gasteiger partial charge is 0.379 e. The number of nitrogens with zero attached hydrogens (tertiary/aromatic N) is 7. The minimum Gasteiger partial charge on any atom is -0.379 e. The van der Waals surface area contributed by atoms with E-state index in [-0.39, 0.29) is 5.56 Å². The van der Waals surface area contributed by atoms with Crippen LogP contribution in [0.5, 0.6) is 0 Å². The van der Waals surface area contributed by atoms with E-state index >= 15 is 0 Å². The Balaban J connectivity index is 1.66. The molecule has 0 radical (unpaired) electrons. The van der Waals surface area contributed by atoms with E-state index in [1.807, 2.05) is 65.1 Å². The summed E-state index contributed by atoms with van der Waals surface area (Å²) in [7, 11) is 0. The minimum atomic E-state index is -0.175. The summed E-state index contributed by atoms with van der Waals surface area (Å²) in [6.45, 7) is 3.65. The van der Waals surface area contributed by atoms with Crippen LogP contribution in [0.2, 0.25) is 0 Å². The predicted octanol–water partition coefficient (Wildman–Crippen LogP) is 2.05. The molecule has 2 aromatic carbocycles. The van der Waals surface area contributed by atoms with Crippen LogP contribution in [-0.2, 0) is 11.3 Å². The van der Waals surface area contributed by atoms with Gasteiger partial charge < -0.3 is 4.74 Å². The fourth-order valence-corrected chi connectivity index (χ4v) is 4.22. The number of fused-ring (bicyclic) bond motifs is 3. The van der Waals surface area contributed by atoms with Gasteiger partial charge in [-0.3, -0.25) is 9.69 Å². The molecule has 1 aliphatic rings. The first-order valence-electron chi connectivity index (χ1n) is 10.6. The summed E-state index contributed by atoms with van der Waals surface area (Å²) in [6.07, 6.45) is 1.63. The van der Waals surface area contributed by atoms with Crippen LogP contribution in [0.25, 0.3) is 28.2 Å². The van der Waals surface area contributed by atoms with Crippen LogP contribution >= 0.6 is 0 Å². The average molecular weight is 427 g/mol. The molecule has 0 unspecified atom stereocenters. The molecule has 0 bridgehead atoms. The highest BCUT2D eigenvalue weighted by Crippen LogP contribution is 2.21. The Morgan fingerprint density at radius 1 is 0.875 bits per heavy atom. The number of aromatic nitrogens is 6. The Kier molecular flexibility index (Phi) is 4.55. The van der Waals surface area contributed by atoms with Crippen LogP contribution in [0.4, 0.5) is 0 Å². The standard InChI is InChI=1S/C23H21N7O2/c31-22-19-15-24-30(18-9-5-2-6-10-18)21(19)29-20(16-27-11-13-32-14-12-27)25-26-23(29)28(22)17-7-3-1-4-8-17/h1-10,15H,11-14,16H2. The molecule has 6 rings (SSSR count). The minimum absolute atomic E-state index is 0.175. The Hall–Kier alpha value is -3.82. The second-order valence-corrected chi connectivity index (χ2v) is 7.75. The van der Waals surface area contributed by atoms with E-state index < -0.39 is 0 Å². The van der Waals surface area contributed by atoms with Gasteiger partial charge in [0.05, 0.1) is 37.3 Å². The van der Waals surface area contributed by atoms with Gasteiger partial charge in [-0.25, -0.2) is 13.6 Å². The lowest BCUT2D eigenvalue weighted by atomic mass is 10.3. The number of ether oxygens (including phenoxy) is 1. The van der Waals surface area contributed by atoms with Crippen molar-refractivity contribution in [3.63, 3.8) is 0 Å². The monoisotopic (exact) mass is 427 g/mol. The zero-order chi connectivity index (χ0) is 21.5. The van der Waals surface area contributed by atoms with Crippen molar-refractivity contribution >= 4 is 16.8 Å². The summed E-state index contributed by atoms with van der Waals surface area (Å²) < 4.78 is 10.8. The smallest absolute Gasteiger partial charge is 0.270 e. The molecule has 4 heterocycles. The number of para-hydroxylation sites is 2. The maximum atomic E-state index is 13.6. The summed E-state index contributed by atoms with van der Waals surface area (Å²) in [5, 5.41) is 14.1. The van der Waals surface area contributed by atoms with Gasteiger partial charge in [0.15, 0.2) is 11.5 Å². The SMILES string of the molecule is O=c1c2cnn(-c3ccccc3)c2n2c(CN3CCOCC3)nnc2n1-c1ccccc1. The lowest BCUT2D eigenvalue weighted by Crippen LogP contribution is -2.36. The summed E-state index contributed by atoms with van der Waals surface area (Å²) in [4.78, 5) is 15.9. The molecule has 1 saturated heterocycles. The Morgan fingerprint density at radius 2 is 1.56 bits per heavy atom. The van der Waals surface area contributed by atoms with Crippen LogP contribution in [0.3, 0.4) is 0 Å². The number of hydrogen-bond donors (Lipinski definition) is 0. The normalized spacial score (nSPS) is 15.0. The van der Waals surface area contributed by atoms with Crippen LogP contribution in [0, 0.1) is 0 Å². The van der Waals surface area contributed by atoms with Crippen LogP contribution in [-0.4, -0.2) is 60.1 Å². The van der Waals surface area contributed by atoms with E-state index in [9.17, 15) is 4.79 Å². The van der Waals surface area contributed by atoms with Gasteiger partial charge >= 0.3 is 0 Å². The molecular formula is C23H21N7O2. The average Bonchev–Trinajstić information content (AvgIpc) is 3.46. The third-order valence-electron chi connectivity index (χ3n) is 5.79. The van der Waals surface area contributed by atoms with Crippen molar-refractivity contribution in [2.75, 3.05) is 26.3 Å². The van der Waals surface area contributed by atoms with Gasteiger partial charge in [-0.15, -0.1) is 10.2 Å². The van der Waals surface area contributed by atoms with Gasteiger partial charge in [-0.1, -0.05) is 36.4 Å². The number of benzene rings is 2. The fourth-order valence-electron chi connectivity index (χ4n) is 4.22. The molecule has 160 valence electrons. The molecule has 32 heavy (non-hydrogen) atoms. The first kappa shape index (κ1) is 18.9. The van der Waals surface area contributed by atoms with Crippen LogP contribution < -0.4 is 5.56 Å². The molecule has 3 aromatic heterocycles. The molecule has 9 nitrogen and oxygen atoms in total. The molecule has 1 fully saturated rings. The highest BCUT2D eigenvalue weighted by atomic mass is 16.5. The number of morpholine rings is 1. The Bertz CT molecular complexity index is 1450. The van der Waals surface area contributed by atoms with E-state index in [0.717, 1.165) is 30.3 Å². The summed E-state index contributed by atoms with van der Waals surface area (Å²) in [6, 6.07) is 19.3. The van der Waals surface area contributed by atoms with E-state index in [0.29, 0.717) is 36.6 Å². The molecule has 1 aliphatic heterocycles. The maximum Gasteiger partial charge on any atom is 0.270 e. The first-order chi connectivity index (χ1) is 15.8. The first-order valence-corrected chi connectivity index (χ1v) is 10.6. The predicted molar refractivity (Wildman–Crippen MR) is 119 cm³/mol. The zero-order valence-electron chi connectivity index (χ0n) is 17.3. The highest BCUT2D eigenvalue weighted by molar-refractivity contribution is 5.79. The summed E-state index contributed by atoms with van der Waals surface area (Å²) in [5.41, 5.74) is 2.09. The quantitative estimate of drug-likeness (QED) is 0.437. The third-order valence-corrected chi connectivity index (χ3v) is 5.79. The van der Waals surface area contributed by atoms with Crippen molar-refractivity contribution in [1.29, 1.82) is 0 Å². The maximum absolute atomic E-state index is 13.6. The fraction of sp³-hybridized carbons (Fsp3) is 0.217.